The Bertz CT molecular complexity index is 1060. The minimum Gasteiger partial charge on any atom is -0.0622 e. The van der Waals surface area contributed by atoms with Gasteiger partial charge < -0.3 is 0 Å². The van der Waals surface area contributed by atoms with Gasteiger partial charge >= 0.3 is 0 Å². The molecule has 0 radical (unpaired) electrons. The zero-order chi connectivity index (χ0) is 18.1. The third kappa shape index (κ3) is 2.88. The summed E-state index contributed by atoms with van der Waals surface area (Å²) >= 11 is 0. The molecule has 0 aromatic heterocycles. The van der Waals surface area contributed by atoms with Gasteiger partial charge in [0, 0.05) is 0 Å². The lowest BCUT2D eigenvalue weighted by molar-refractivity contribution is 0.912. The van der Waals surface area contributed by atoms with Gasteiger partial charge in [0.2, 0.25) is 0 Å². The Hall–Kier alpha value is -3.12. The van der Waals surface area contributed by atoms with Crippen LogP contribution in [-0.2, 0) is 12.8 Å². The first-order chi connectivity index (χ1) is 13.4. The lowest BCUT2D eigenvalue weighted by atomic mass is 9.84. The van der Waals surface area contributed by atoms with Crippen molar-refractivity contribution in [3.8, 4) is 33.4 Å². The molecule has 0 N–H and O–H groups in total. The first-order valence-corrected chi connectivity index (χ1v) is 9.77. The maximum absolute atomic E-state index is 2.43. The smallest absolute Gasteiger partial charge is 0.00701 e. The highest BCUT2D eigenvalue weighted by Crippen LogP contribution is 2.44. The molecule has 0 amide bonds. The number of benzene rings is 4. The molecule has 0 fully saturated rings. The monoisotopic (exact) mass is 346 g/mol. The number of hydrogen-bond acceptors (Lipinski definition) is 0. The van der Waals surface area contributed by atoms with Gasteiger partial charge in [-0.3, -0.25) is 0 Å². The van der Waals surface area contributed by atoms with Gasteiger partial charge in [0.05, 0.1) is 0 Å². The molecule has 1 aliphatic carbocycles. The third-order valence-corrected chi connectivity index (χ3v) is 5.63. The van der Waals surface area contributed by atoms with Gasteiger partial charge in [-0.25, -0.2) is 0 Å². The van der Waals surface area contributed by atoms with Gasteiger partial charge in [0.1, 0.15) is 0 Å². The van der Waals surface area contributed by atoms with Crippen LogP contribution in [0.25, 0.3) is 33.4 Å². The highest BCUT2D eigenvalue weighted by atomic mass is 14.3. The van der Waals surface area contributed by atoms with E-state index >= 15 is 0 Å². The van der Waals surface area contributed by atoms with Gasteiger partial charge in [-0.15, -0.1) is 0 Å². The predicted octanol–water partition coefficient (Wildman–Crippen LogP) is 7.18. The SMILES string of the molecule is c1ccc(-c2cc(-c3ccccc3)c(-c3ccccc3)c3c2CCC3)cc1. The molecule has 4 aromatic carbocycles. The second kappa shape index (κ2) is 6.89. The molecule has 0 nitrogen and oxygen atoms in total. The lowest BCUT2D eigenvalue weighted by Crippen LogP contribution is -1.97. The van der Waals surface area contributed by atoms with E-state index in [9.17, 15) is 0 Å². The number of rotatable bonds is 3. The van der Waals surface area contributed by atoms with E-state index in [2.05, 4.69) is 97.1 Å². The molecule has 0 atom stereocenters. The highest BCUT2D eigenvalue weighted by Gasteiger charge is 2.23. The van der Waals surface area contributed by atoms with Crippen molar-refractivity contribution in [1.82, 2.24) is 0 Å². The van der Waals surface area contributed by atoms with Crippen molar-refractivity contribution in [2.75, 3.05) is 0 Å². The average molecular weight is 346 g/mol. The highest BCUT2D eigenvalue weighted by molar-refractivity contribution is 5.91. The minimum atomic E-state index is 1.17. The lowest BCUT2D eigenvalue weighted by Gasteiger charge is -2.19. The first kappa shape index (κ1) is 16.1. The Kier molecular flexibility index (Phi) is 4.10. The summed E-state index contributed by atoms with van der Waals surface area (Å²) in [5.41, 5.74) is 11.2. The fourth-order valence-electron chi connectivity index (χ4n) is 4.44. The van der Waals surface area contributed by atoms with Crippen molar-refractivity contribution in [2.24, 2.45) is 0 Å². The van der Waals surface area contributed by atoms with E-state index in [1.807, 2.05) is 0 Å². The van der Waals surface area contributed by atoms with Crippen LogP contribution in [0.15, 0.2) is 97.1 Å². The predicted molar refractivity (Wildman–Crippen MR) is 115 cm³/mol. The second-order valence-electron chi connectivity index (χ2n) is 7.26. The van der Waals surface area contributed by atoms with Crippen LogP contribution in [-0.4, -0.2) is 0 Å². The van der Waals surface area contributed by atoms with Crippen LogP contribution in [0.3, 0.4) is 0 Å². The molecule has 130 valence electrons. The average Bonchev–Trinajstić information content (AvgIpc) is 3.24. The summed E-state index contributed by atoms with van der Waals surface area (Å²) in [4.78, 5) is 0. The zero-order valence-corrected chi connectivity index (χ0v) is 15.4. The molecule has 0 heterocycles. The molecule has 1 aliphatic rings. The van der Waals surface area contributed by atoms with Crippen LogP contribution < -0.4 is 0 Å². The van der Waals surface area contributed by atoms with Crippen molar-refractivity contribution in [1.29, 1.82) is 0 Å². The van der Waals surface area contributed by atoms with Gasteiger partial charge in [-0.05, 0) is 69.8 Å². The molecule has 0 bridgehead atoms. The first-order valence-electron chi connectivity index (χ1n) is 9.77. The van der Waals surface area contributed by atoms with Gasteiger partial charge in [-0.2, -0.15) is 0 Å². The van der Waals surface area contributed by atoms with Gasteiger partial charge in [-0.1, -0.05) is 91.0 Å². The Morgan fingerprint density at radius 2 is 0.926 bits per heavy atom. The second-order valence-corrected chi connectivity index (χ2v) is 7.26. The molecule has 27 heavy (non-hydrogen) atoms. The van der Waals surface area contributed by atoms with Crippen LogP contribution in [0.4, 0.5) is 0 Å². The summed E-state index contributed by atoms with van der Waals surface area (Å²) in [6.07, 6.45) is 3.59. The largest absolute Gasteiger partial charge is 0.0622 e. The normalized spacial score (nSPS) is 12.7. The molecule has 0 spiro atoms. The van der Waals surface area contributed by atoms with Crippen LogP contribution >= 0.6 is 0 Å². The topological polar surface area (TPSA) is 0 Å². The summed E-state index contributed by atoms with van der Waals surface area (Å²) in [7, 11) is 0. The number of hydrogen-bond donors (Lipinski definition) is 0. The fourth-order valence-corrected chi connectivity index (χ4v) is 4.44. The summed E-state index contributed by atoms with van der Waals surface area (Å²) in [5.74, 6) is 0. The van der Waals surface area contributed by atoms with E-state index in [1.165, 1.54) is 52.6 Å². The maximum atomic E-state index is 2.43. The molecule has 0 unspecified atom stereocenters. The number of fused-ring (bicyclic) bond motifs is 1. The van der Waals surface area contributed by atoms with Crippen LogP contribution in [0.2, 0.25) is 0 Å². The van der Waals surface area contributed by atoms with Gasteiger partial charge in [0.25, 0.3) is 0 Å². The molecular weight excluding hydrogens is 324 g/mol. The summed E-state index contributed by atoms with van der Waals surface area (Å²) in [5, 5.41) is 0. The van der Waals surface area contributed by atoms with Crippen molar-refractivity contribution < 1.29 is 0 Å². The summed E-state index contributed by atoms with van der Waals surface area (Å²) in [6.45, 7) is 0. The Morgan fingerprint density at radius 3 is 1.52 bits per heavy atom. The molecular formula is C27H22. The van der Waals surface area contributed by atoms with E-state index in [4.69, 9.17) is 0 Å². The zero-order valence-electron chi connectivity index (χ0n) is 15.4. The molecule has 0 heteroatoms. The van der Waals surface area contributed by atoms with E-state index < -0.39 is 0 Å². The third-order valence-electron chi connectivity index (χ3n) is 5.63. The van der Waals surface area contributed by atoms with E-state index in [0.29, 0.717) is 0 Å². The minimum absolute atomic E-state index is 1.17. The van der Waals surface area contributed by atoms with E-state index in [0.717, 1.165) is 0 Å². The van der Waals surface area contributed by atoms with Crippen molar-refractivity contribution in [3.63, 3.8) is 0 Å². The Morgan fingerprint density at radius 1 is 0.444 bits per heavy atom. The van der Waals surface area contributed by atoms with Crippen LogP contribution in [0.1, 0.15) is 17.5 Å². The molecule has 0 saturated heterocycles. The maximum Gasteiger partial charge on any atom is -0.00701 e. The summed E-state index contributed by atoms with van der Waals surface area (Å²) in [6, 6.07) is 35.0. The van der Waals surface area contributed by atoms with Crippen LogP contribution in [0.5, 0.6) is 0 Å². The van der Waals surface area contributed by atoms with E-state index in [1.54, 1.807) is 11.1 Å². The quantitative estimate of drug-likeness (QED) is 0.369. The standard InChI is InChI=1S/C27H22/c1-4-11-20(12-5-1)25-19-26(21-13-6-2-7-14-21)27(22-15-8-3-9-16-22)24-18-10-17-23(24)25/h1-9,11-16,19H,10,17-18H2. The van der Waals surface area contributed by atoms with Crippen LogP contribution in [0, 0.1) is 0 Å². The fraction of sp³-hybridized carbons (Fsp3) is 0.111. The van der Waals surface area contributed by atoms with E-state index in [-0.39, 0.29) is 0 Å². The van der Waals surface area contributed by atoms with Crippen molar-refractivity contribution in [2.45, 2.75) is 19.3 Å². The van der Waals surface area contributed by atoms with Crippen molar-refractivity contribution >= 4 is 0 Å². The molecule has 4 aromatic rings. The van der Waals surface area contributed by atoms with Gasteiger partial charge in [0.15, 0.2) is 0 Å². The Labute approximate surface area is 161 Å². The molecule has 0 saturated carbocycles. The molecule has 5 rings (SSSR count). The Balaban J connectivity index is 1.85. The van der Waals surface area contributed by atoms with Crippen molar-refractivity contribution in [3.05, 3.63) is 108 Å². The molecule has 0 aliphatic heterocycles. The summed E-state index contributed by atoms with van der Waals surface area (Å²) < 4.78 is 0.